The minimum Gasteiger partial charge on any atom is -0.394 e. The number of aliphatic hydroxyl groups is 3. The summed E-state index contributed by atoms with van der Waals surface area (Å²) < 4.78 is 0. The predicted octanol–water partition coefficient (Wildman–Crippen LogP) is 15.7. The number of carbonyl (C=O) groups is 1. The monoisotopic (exact) mass is 818 g/mol. The fourth-order valence-electron chi connectivity index (χ4n) is 8.22. The molecule has 0 bridgehead atoms. The number of hydrogen-bond acceptors (Lipinski definition) is 4. The summed E-state index contributed by atoms with van der Waals surface area (Å²) in [7, 11) is 0. The highest BCUT2D eigenvalue weighted by molar-refractivity contribution is 5.76. The molecule has 0 aliphatic heterocycles. The average Bonchev–Trinajstić information content (AvgIpc) is 3.22. The van der Waals surface area contributed by atoms with Crippen LogP contribution < -0.4 is 5.32 Å². The van der Waals surface area contributed by atoms with Crippen molar-refractivity contribution >= 4 is 5.91 Å². The first-order valence-electron chi connectivity index (χ1n) is 26.1. The van der Waals surface area contributed by atoms with Crippen molar-refractivity contribution in [2.75, 3.05) is 6.61 Å². The molecular formula is C53H103NO4. The van der Waals surface area contributed by atoms with Crippen LogP contribution in [-0.4, -0.2) is 46.1 Å². The Morgan fingerprint density at radius 1 is 0.431 bits per heavy atom. The van der Waals surface area contributed by atoms with Crippen LogP contribution in [0.1, 0.15) is 284 Å². The Kier molecular flexibility index (Phi) is 47.5. The van der Waals surface area contributed by atoms with Gasteiger partial charge in [0.05, 0.1) is 31.3 Å². The molecule has 0 spiro atoms. The molecular weight excluding hydrogens is 715 g/mol. The second kappa shape index (κ2) is 48.5. The van der Waals surface area contributed by atoms with Crippen molar-refractivity contribution < 1.29 is 20.1 Å². The maximum atomic E-state index is 12.5. The van der Waals surface area contributed by atoms with E-state index in [4.69, 9.17) is 0 Å². The van der Waals surface area contributed by atoms with Crippen molar-refractivity contribution in [3.05, 3.63) is 24.3 Å². The summed E-state index contributed by atoms with van der Waals surface area (Å²) in [4.78, 5) is 12.5. The van der Waals surface area contributed by atoms with Gasteiger partial charge in [-0.3, -0.25) is 4.79 Å². The Morgan fingerprint density at radius 2 is 0.724 bits per heavy atom. The normalized spacial score (nSPS) is 13.5. The van der Waals surface area contributed by atoms with Crippen LogP contribution in [-0.2, 0) is 4.79 Å². The lowest BCUT2D eigenvalue weighted by molar-refractivity contribution is -0.124. The molecule has 5 nitrogen and oxygen atoms in total. The van der Waals surface area contributed by atoms with Gasteiger partial charge >= 0.3 is 0 Å². The minimum absolute atomic E-state index is 0.0102. The summed E-state index contributed by atoms with van der Waals surface area (Å²) in [5.74, 6) is -0.316. The minimum atomic E-state index is -0.930. The summed E-state index contributed by atoms with van der Waals surface area (Å²) >= 11 is 0. The maximum absolute atomic E-state index is 12.5. The van der Waals surface area contributed by atoms with Crippen LogP contribution in [0.3, 0.4) is 0 Å². The number of amides is 1. The van der Waals surface area contributed by atoms with Crippen molar-refractivity contribution in [1.82, 2.24) is 5.32 Å². The molecule has 344 valence electrons. The molecule has 0 saturated heterocycles. The van der Waals surface area contributed by atoms with Crippen molar-refractivity contribution in [3.63, 3.8) is 0 Å². The number of allylic oxidation sites excluding steroid dienone is 3. The van der Waals surface area contributed by atoms with E-state index in [0.29, 0.717) is 6.42 Å². The number of hydrogen-bond donors (Lipinski definition) is 4. The van der Waals surface area contributed by atoms with E-state index < -0.39 is 18.2 Å². The van der Waals surface area contributed by atoms with Crippen molar-refractivity contribution in [1.29, 1.82) is 0 Å². The van der Waals surface area contributed by atoms with Gasteiger partial charge in [-0.25, -0.2) is 0 Å². The lowest BCUT2D eigenvalue weighted by Crippen LogP contribution is -2.45. The molecule has 0 aromatic rings. The molecule has 5 heteroatoms. The van der Waals surface area contributed by atoms with Crippen LogP contribution >= 0.6 is 0 Å². The van der Waals surface area contributed by atoms with Crippen LogP contribution in [0, 0.1) is 0 Å². The van der Waals surface area contributed by atoms with Crippen LogP contribution in [0.2, 0.25) is 0 Å². The van der Waals surface area contributed by atoms with E-state index in [1.165, 1.54) is 218 Å². The Morgan fingerprint density at radius 3 is 1.05 bits per heavy atom. The lowest BCUT2D eigenvalue weighted by atomic mass is 10.0. The first-order valence-corrected chi connectivity index (χ1v) is 26.1. The molecule has 58 heavy (non-hydrogen) atoms. The summed E-state index contributed by atoms with van der Waals surface area (Å²) in [6.45, 7) is 4.24. The summed E-state index contributed by atoms with van der Waals surface area (Å²) in [5, 5.41) is 33.4. The fourth-order valence-corrected chi connectivity index (χ4v) is 8.22. The van der Waals surface area contributed by atoms with E-state index in [9.17, 15) is 20.1 Å². The van der Waals surface area contributed by atoms with E-state index in [1.54, 1.807) is 6.08 Å². The van der Waals surface area contributed by atoms with Crippen molar-refractivity contribution in [3.8, 4) is 0 Å². The highest BCUT2D eigenvalue weighted by Gasteiger charge is 2.20. The Hall–Kier alpha value is -1.17. The van der Waals surface area contributed by atoms with E-state index >= 15 is 0 Å². The zero-order valence-electron chi connectivity index (χ0n) is 39.2. The van der Waals surface area contributed by atoms with Gasteiger partial charge in [0.25, 0.3) is 0 Å². The average molecular weight is 818 g/mol. The molecule has 0 radical (unpaired) electrons. The molecule has 0 rings (SSSR count). The van der Waals surface area contributed by atoms with E-state index in [1.807, 2.05) is 6.08 Å². The molecule has 0 aromatic heterocycles. The highest BCUT2D eigenvalue weighted by atomic mass is 16.3. The van der Waals surface area contributed by atoms with Crippen LogP contribution in [0.25, 0.3) is 0 Å². The Bertz CT molecular complexity index is 859. The SMILES string of the molecule is CCCCCCCCCCCCC/C=C\CCCCCCCC(O)CC(=O)NC(CO)C(O)/C=C/CCCCCCCCCCCCCCCCCCCCCCC. The summed E-state index contributed by atoms with van der Waals surface area (Å²) in [6.07, 6.45) is 60.6. The molecule has 0 heterocycles. The zero-order valence-corrected chi connectivity index (χ0v) is 39.2. The smallest absolute Gasteiger partial charge is 0.222 e. The van der Waals surface area contributed by atoms with Gasteiger partial charge in [0, 0.05) is 0 Å². The molecule has 4 N–H and O–H groups in total. The number of nitrogens with one attached hydrogen (secondary N) is 1. The molecule has 0 aliphatic carbocycles. The van der Waals surface area contributed by atoms with Gasteiger partial charge in [-0.15, -0.1) is 0 Å². The van der Waals surface area contributed by atoms with Crippen molar-refractivity contribution in [2.24, 2.45) is 0 Å². The Balaban J connectivity index is 3.60. The van der Waals surface area contributed by atoms with E-state index in [2.05, 4.69) is 31.3 Å². The molecule has 0 saturated carbocycles. The number of carbonyl (C=O) groups excluding carboxylic acids is 1. The van der Waals surface area contributed by atoms with Gasteiger partial charge in [0.1, 0.15) is 0 Å². The van der Waals surface area contributed by atoms with Gasteiger partial charge in [-0.1, -0.05) is 256 Å². The predicted molar refractivity (Wildman–Crippen MR) is 255 cm³/mol. The number of rotatable bonds is 48. The van der Waals surface area contributed by atoms with Gasteiger partial charge in [0.15, 0.2) is 0 Å². The molecule has 3 unspecified atom stereocenters. The third kappa shape index (κ3) is 44.4. The van der Waals surface area contributed by atoms with Crippen LogP contribution in [0.15, 0.2) is 24.3 Å². The van der Waals surface area contributed by atoms with Gasteiger partial charge in [0.2, 0.25) is 5.91 Å². The molecule has 0 aromatic carbocycles. The van der Waals surface area contributed by atoms with Crippen LogP contribution in [0.4, 0.5) is 0 Å². The van der Waals surface area contributed by atoms with Gasteiger partial charge < -0.3 is 20.6 Å². The third-order valence-electron chi connectivity index (χ3n) is 12.2. The van der Waals surface area contributed by atoms with E-state index in [0.717, 1.165) is 38.5 Å². The quantitative estimate of drug-likeness (QED) is 0.0364. The molecule has 0 fully saturated rings. The number of aliphatic hydroxyl groups excluding tert-OH is 3. The largest absolute Gasteiger partial charge is 0.394 e. The summed E-state index contributed by atoms with van der Waals surface area (Å²) in [6, 6.07) is -0.746. The molecule has 3 atom stereocenters. The Labute approximate surface area is 362 Å². The second-order valence-corrected chi connectivity index (χ2v) is 18.1. The zero-order chi connectivity index (χ0) is 42.3. The van der Waals surface area contributed by atoms with Gasteiger partial charge in [-0.05, 0) is 44.9 Å². The molecule has 1 amide bonds. The first-order chi connectivity index (χ1) is 28.5. The lowest BCUT2D eigenvalue weighted by Gasteiger charge is -2.21. The number of unbranched alkanes of at least 4 members (excludes halogenated alkanes) is 37. The molecule has 0 aliphatic rings. The highest BCUT2D eigenvalue weighted by Crippen LogP contribution is 2.17. The van der Waals surface area contributed by atoms with Crippen LogP contribution in [0.5, 0.6) is 0 Å². The van der Waals surface area contributed by atoms with E-state index in [-0.39, 0.29) is 18.9 Å². The maximum Gasteiger partial charge on any atom is 0.222 e. The third-order valence-corrected chi connectivity index (χ3v) is 12.2. The van der Waals surface area contributed by atoms with Gasteiger partial charge in [-0.2, -0.15) is 0 Å². The van der Waals surface area contributed by atoms with Crippen molar-refractivity contribution in [2.45, 2.75) is 302 Å². The summed E-state index contributed by atoms with van der Waals surface area (Å²) in [5.41, 5.74) is 0. The second-order valence-electron chi connectivity index (χ2n) is 18.1. The fraction of sp³-hybridized carbons (Fsp3) is 0.906. The topological polar surface area (TPSA) is 89.8 Å². The standard InChI is InChI=1S/C53H103NO4/c1-3-5-7-9-11-13-15-17-19-21-23-25-26-27-29-31-33-35-37-39-41-43-45-47-52(57)51(49-55)54-53(58)48-50(56)46-44-42-40-38-36-34-32-30-28-24-22-20-18-16-14-12-10-8-6-4-2/h30,32,45,47,50-52,55-57H,3-29,31,33-44,46,48-49H2,1-2H3,(H,54,58)/b32-30-,47-45+. The first kappa shape index (κ1) is 56.8.